The highest BCUT2D eigenvalue weighted by molar-refractivity contribution is 5.80. The fraction of sp³-hybridized carbons (Fsp3) is 0.929. The SMILES string of the molecule is CC1CCC(C)N1C(C)C(=O)NOC1CCCC1. The summed E-state index contributed by atoms with van der Waals surface area (Å²) in [6.07, 6.45) is 7.18. The van der Waals surface area contributed by atoms with Gasteiger partial charge in [-0.2, -0.15) is 0 Å². The molecule has 1 aliphatic carbocycles. The van der Waals surface area contributed by atoms with Crippen LogP contribution in [0.15, 0.2) is 0 Å². The van der Waals surface area contributed by atoms with E-state index in [1.54, 1.807) is 0 Å². The highest BCUT2D eigenvalue weighted by atomic mass is 16.7. The van der Waals surface area contributed by atoms with Crippen molar-refractivity contribution in [3.05, 3.63) is 0 Å². The average molecular weight is 254 g/mol. The molecule has 0 aromatic heterocycles. The van der Waals surface area contributed by atoms with Crippen molar-refractivity contribution in [3.63, 3.8) is 0 Å². The molecule has 1 N–H and O–H groups in total. The minimum absolute atomic E-state index is 0.00231. The number of amides is 1. The van der Waals surface area contributed by atoms with Crippen molar-refractivity contribution in [3.8, 4) is 0 Å². The van der Waals surface area contributed by atoms with Crippen LogP contribution >= 0.6 is 0 Å². The summed E-state index contributed by atoms with van der Waals surface area (Å²) in [6.45, 7) is 6.38. The molecule has 0 radical (unpaired) electrons. The summed E-state index contributed by atoms with van der Waals surface area (Å²) >= 11 is 0. The van der Waals surface area contributed by atoms with Crippen LogP contribution in [0.25, 0.3) is 0 Å². The lowest BCUT2D eigenvalue weighted by Crippen LogP contribution is -2.49. The van der Waals surface area contributed by atoms with Gasteiger partial charge in [0, 0.05) is 12.1 Å². The van der Waals surface area contributed by atoms with Crippen molar-refractivity contribution < 1.29 is 9.63 Å². The monoisotopic (exact) mass is 254 g/mol. The van der Waals surface area contributed by atoms with Crippen molar-refractivity contribution in [2.24, 2.45) is 0 Å². The molecule has 104 valence electrons. The summed E-state index contributed by atoms with van der Waals surface area (Å²) < 4.78 is 0. The predicted molar refractivity (Wildman–Crippen MR) is 70.9 cm³/mol. The highest BCUT2D eigenvalue weighted by Gasteiger charge is 2.34. The van der Waals surface area contributed by atoms with Crippen LogP contribution in [0.1, 0.15) is 59.3 Å². The summed E-state index contributed by atoms with van der Waals surface area (Å²) in [6, 6.07) is 0.887. The molecule has 0 aromatic carbocycles. The molecule has 3 atom stereocenters. The Kier molecular flexibility index (Phi) is 4.62. The normalized spacial score (nSPS) is 31.7. The number of carbonyl (C=O) groups is 1. The number of likely N-dealkylation sites (tertiary alicyclic amines) is 1. The molecule has 2 fully saturated rings. The summed E-state index contributed by atoms with van der Waals surface area (Å²) in [4.78, 5) is 19.9. The lowest BCUT2D eigenvalue weighted by molar-refractivity contribution is -0.144. The third-order valence-electron chi connectivity index (χ3n) is 4.48. The smallest absolute Gasteiger partial charge is 0.260 e. The van der Waals surface area contributed by atoms with Crippen LogP contribution in [0.4, 0.5) is 0 Å². The van der Waals surface area contributed by atoms with Gasteiger partial charge in [0.1, 0.15) is 0 Å². The summed E-state index contributed by atoms with van der Waals surface area (Å²) in [5, 5.41) is 0. The fourth-order valence-electron chi connectivity index (χ4n) is 3.35. The second kappa shape index (κ2) is 6.02. The number of hydrogen-bond acceptors (Lipinski definition) is 3. The maximum atomic E-state index is 12.1. The molecule has 1 aliphatic heterocycles. The third kappa shape index (κ3) is 3.04. The van der Waals surface area contributed by atoms with Crippen LogP contribution in [-0.2, 0) is 9.63 Å². The molecule has 3 unspecified atom stereocenters. The largest absolute Gasteiger partial charge is 0.287 e. The summed E-state index contributed by atoms with van der Waals surface area (Å²) in [5.74, 6) is 0.00231. The van der Waals surface area contributed by atoms with E-state index in [9.17, 15) is 4.79 Å². The number of nitrogens with zero attached hydrogens (tertiary/aromatic N) is 1. The maximum absolute atomic E-state index is 12.1. The Morgan fingerprint density at radius 1 is 1.17 bits per heavy atom. The maximum Gasteiger partial charge on any atom is 0.260 e. The van der Waals surface area contributed by atoms with Crippen LogP contribution in [0, 0.1) is 0 Å². The highest BCUT2D eigenvalue weighted by Crippen LogP contribution is 2.26. The van der Waals surface area contributed by atoms with Crippen LogP contribution in [0.3, 0.4) is 0 Å². The van der Waals surface area contributed by atoms with Gasteiger partial charge >= 0.3 is 0 Å². The molecule has 1 saturated carbocycles. The third-order valence-corrected chi connectivity index (χ3v) is 4.48. The van der Waals surface area contributed by atoms with Gasteiger partial charge < -0.3 is 0 Å². The van der Waals surface area contributed by atoms with E-state index in [2.05, 4.69) is 24.2 Å². The molecule has 2 aliphatic rings. The molecule has 1 amide bonds. The second-order valence-corrected chi connectivity index (χ2v) is 5.89. The van der Waals surface area contributed by atoms with Gasteiger partial charge in [0.05, 0.1) is 12.1 Å². The second-order valence-electron chi connectivity index (χ2n) is 5.89. The number of rotatable bonds is 4. The van der Waals surface area contributed by atoms with Crippen molar-refractivity contribution in [1.82, 2.24) is 10.4 Å². The van der Waals surface area contributed by atoms with E-state index in [0.29, 0.717) is 12.1 Å². The summed E-state index contributed by atoms with van der Waals surface area (Å²) in [7, 11) is 0. The zero-order chi connectivity index (χ0) is 13.1. The number of nitrogens with one attached hydrogen (secondary N) is 1. The summed E-state index contributed by atoms with van der Waals surface area (Å²) in [5.41, 5.74) is 2.66. The Bertz CT molecular complexity index is 280. The molecular formula is C14H26N2O2. The van der Waals surface area contributed by atoms with E-state index < -0.39 is 0 Å². The molecule has 0 bridgehead atoms. The molecule has 4 nitrogen and oxygen atoms in total. The van der Waals surface area contributed by atoms with Gasteiger partial charge in [0.15, 0.2) is 0 Å². The van der Waals surface area contributed by atoms with E-state index in [-0.39, 0.29) is 18.1 Å². The fourth-order valence-corrected chi connectivity index (χ4v) is 3.35. The first-order chi connectivity index (χ1) is 8.59. The van der Waals surface area contributed by atoms with Gasteiger partial charge in [-0.1, -0.05) is 12.8 Å². The minimum Gasteiger partial charge on any atom is -0.287 e. The topological polar surface area (TPSA) is 41.6 Å². The Hall–Kier alpha value is -0.610. The predicted octanol–water partition coefficient (Wildman–Crippen LogP) is 2.24. The van der Waals surface area contributed by atoms with Gasteiger partial charge in [-0.05, 0) is 46.5 Å². The number of hydrogen-bond donors (Lipinski definition) is 1. The minimum atomic E-state index is -0.0982. The number of hydroxylamine groups is 1. The van der Waals surface area contributed by atoms with Gasteiger partial charge in [0.2, 0.25) is 0 Å². The van der Waals surface area contributed by atoms with Crippen molar-refractivity contribution >= 4 is 5.91 Å². The van der Waals surface area contributed by atoms with Gasteiger partial charge in [-0.15, -0.1) is 0 Å². The van der Waals surface area contributed by atoms with Crippen molar-refractivity contribution in [2.75, 3.05) is 0 Å². The Labute approximate surface area is 110 Å². The molecule has 1 saturated heterocycles. The Balaban J connectivity index is 1.80. The zero-order valence-electron chi connectivity index (χ0n) is 11.8. The molecule has 0 spiro atoms. The average Bonchev–Trinajstić information content (AvgIpc) is 2.96. The van der Waals surface area contributed by atoms with Gasteiger partial charge in [-0.25, -0.2) is 5.48 Å². The molecule has 1 heterocycles. The lowest BCUT2D eigenvalue weighted by Gasteiger charge is -2.31. The van der Waals surface area contributed by atoms with Crippen LogP contribution in [-0.4, -0.2) is 35.0 Å². The van der Waals surface area contributed by atoms with E-state index >= 15 is 0 Å². The first-order valence-corrected chi connectivity index (χ1v) is 7.32. The van der Waals surface area contributed by atoms with Gasteiger partial charge in [-0.3, -0.25) is 14.5 Å². The van der Waals surface area contributed by atoms with E-state index in [1.807, 2.05) is 6.92 Å². The van der Waals surface area contributed by atoms with Crippen LogP contribution in [0.5, 0.6) is 0 Å². The molecule has 0 aromatic rings. The quantitative estimate of drug-likeness (QED) is 0.782. The van der Waals surface area contributed by atoms with Crippen LogP contribution < -0.4 is 5.48 Å². The van der Waals surface area contributed by atoms with Crippen molar-refractivity contribution in [1.29, 1.82) is 0 Å². The molecular weight excluding hydrogens is 228 g/mol. The Morgan fingerprint density at radius 2 is 1.72 bits per heavy atom. The molecule has 4 heteroatoms. The molecule has 2 rings (SSSR count). The zero-order valence-corrected chi connectivity index (χ0v) is 11.8. The van der Waals surface area contributed by atoms with Gasteiger partial charge in [0.25, 0.3) is 5.91 Å². The van der Waals surface area contributed by atoms with E-state index in [1.165, 1.54) is 25.7 Å². The van der Waals surface area contributed by atoms with Crippen LogP contribution in [0.2, 0.25) is 0 Å². The Morgan fingerprint density at radius 3 is 2.28 bits per heavy atom. The standard InChI is InChI=1S/C14H26N2O2/c1-10-8-9-11(2)16(10)12(3)14(17)15-18-13-6-4-5-7-13/h10-13H,4-9H2,1-3H3,(H,15,17). The lowest BCUT2D eigenvalue weighted by atomic mass is 10.2. The van der Waals surface area contributed by atoms with E-state index in [0.717, 1.165) is 12.8 Å². The van der Waals surface area contributed by atoms with Crippen molar-refractivity contribution in [2.45, 2.75) is 83.5 Å². The molecule has 18 heavy (non-hydrogen) atoms. The number of carbonyl (C=O) groups excluding carboxylic acids is 1. The van der Waals surface area contributed by atoms with E-state index in [4.69, 9.17) is 4.84 Å². The first kappa shape index (κ1) is 13.8. The first-order valence-electron chi connectivity index (χ1n) is 7.32.